The van der Waals surface area contributed by atoms with Gasteiger partial charge in [-0.15, -0.1) is 0 Å². The maximum Gasteiger partial charge on any atom is 0.0769 e. The van der Waals surface area contributed by atoms with E-state index in [2.05, 4.69) is 25.0 Å². The Bertz CT molecular complexity index is 81.2. The summed E-state index contributed by atoms with van der Waals surface area (Å²) in [7, 11) is 7.79. The van der Waals surface area contributed by atoms with E-state index in [0.29, 0.717) is 0 Å². The smallest absolute Gasteiger partial charge is 0.0769 e. The van der Waals surface area contributed by atoms with Gasteiger partial charge in [0.05, 0.1) is 9.83 Å². The molecule has 13 heavy (non-hydrogen) atoms. The zero-order valence-electron chi connectivity index (χ0n) is 8.86. The molecular formula is C6H18OS6. The van der Waals surface area contributed by atoms with E-state index in [1.54, 1.807) is 49.4 Å². The molecule has 0 aromatic carbocycles. The highest BCUT2D eigenvalue weighted by molar-refractivity contribution is 8.76. The summed E-state index contributed by atoms with van der Waals surface area (Å²) in [4.78, 5) is 0. The van der Waals surface area contributed by atoms with Crippen LogP contribution in [0.1, 0.15) is 0 Å². The first-order valence-electron chi connectivity index (χ1n) is 3.12. The van der Waals surface area contributed by atoms with Crippen molar-refractivity contribution in [1.82, 2.24) is 0 Å². The summed E-state index contributed by atoms with van der Waals surface area (Å²) in [6.07, 6.45) is 11.7. The maximum atomic E-state index is 9.89. The molecule has 0 N–H and O–H groups in total. The predicted molar refractivity (Wildman–Crippen MR) is 81.6 cm³/mol. The van der Waals surface area contributed by atoms with E-state index in [4.69, 9.17) is 0 Å². The average Bonchev–Trinajstić information content (AvgIpc) is 2.18. The summed E-state index contributed by atoms with van der Waals surface area (Å²) >= 11 is 0. The Balaban J connectivity index is -0.000000117. The molecule has 0 saturated heterocycles. The van der Waals surface area contributed by atoms with Crippen molar-refractivity contribution in [3.05, 3.63) is 0 Å². The molecule has 0 aromatic heterocycles. The molecule has 0 aliphatic heterocycles. The van der Waals surface area contributed by atoms with Crippen molar-refractivity contribution in [3.63, 3.8) is 0 Å². The Morgan fingerprint density at radius 3 is 0.923 bits per heavy atom. The van der Waals surface area contributed by atoms with E-state index in [1.807, 2.05) is 6.26 Å². The maximum absolute atomic E-state index is 9.89. The van der Waals surface area contributed by atoms with Gasteiger partial charge in [-0.25, -0.2) is 4.21 Å². The van der Waals surface area contributed by atoms with Gasteiger partial charge in [0, 0.05) is 6.26 Å². The molecule has 0 aliphatic rings. The standard InChI is InChI=1S/C2H6OS2.2C2H6S2/c1-4-5(2)3;2*1-3-4-2/h1-2H3;2*1-2H3. The topological polar surface area (TPSA) is 17.1 Å². The summed E-state index contributed by atoms with van der Waals surface area (Å²) in [6, 6.07) is 0. The number of hydrogen-bond donors (Lipinski definition) is 0. The van der Waals surface area contributed by atoms with Crippen LogP contribution in [-0.2, 0) is 9.83 Å². The molecule has 1 nitrogen and oxygen atoms in total. The minimum atomic E-state index is -0.656. The van der Waals surface area contributed by atoms with Crippen LogP contribution in [0.15, 0.2) is 0 Å². The first-order chi connectivity index (χ1) is 6.10. The molecular weight excluding hydrogens is 280 g/mol. The molecule has 0 fully saturated rings. The molecule has 0 saturated carbocycles. The molecule has 0 rings (SSSR count). The highest BCUT2D eigenvalue weighted by Crippen LogP contribution is 2.09. The van der Waals surface area contributed by atoms with Crippen LogP contribution in [0.3, 0.4) is 0 Å². The lowest BCUT2D eigenvalue weighted by Crippen LogP contribution is -1.67. The van der Waals surface area contributed by atoms with Gasteiger partial charge in [0.15, 0.2) is 0 Å². The van der Waals surface area contributed by atoms with Gasteiger partial charge >= 0.3 is 0 Å². The average molecular weight is 299 g/mol. The van der Waals surface area contributed by atoms with Crippen LogP contribution in [-0.4, -0.2) is 41.7 Å². The molecule has 1 unspecified atom stereocenters. The summed E-state index contributed by atoms with van der Waals surface area (Å²) in [5, 5.41) is 0. The van der Waals surface area contributed by atoms with Crippen molar-refractivity contribution in [1.29, 1.82) is 0 Å². The highest BCUT2D eigenvalue weighted by atomic mass is 33.1. The molecule has 0 spiro atoms. The van der Waals surface area contributed by atoms with Gasteiger partial charge in [-0.1, -0.05) is 54.0 Å². The summed E-state index contributed by atoms with van der Waals surface area (Å²) in [5.41, 5.74) is 0. The van der Waals surface area contributed by atoms with E-state index in [9.17, 15) is 4.21 Å². The lowest BCUT2D eigenvalue weighted by molar-refractivity contribution is 0.695. The van der Waals surface area contributed by atoms with Gasteiger partial charge in [-0.05, 0) is 31.3 Å². The van der Waals surface area contributed by atoms with Crippen LogP contribution < -0.4 is 0 Å². The quantitative estimate of drug-likeness (QED) is 0.730. The van der Waals surface area contributed by atoms with Crippen LogP contribution in [0.4, 0.5) is 0 Å². The van der Waals surface area contributed by atoms with Gasteiger partial charge in [0.1, 0.15) is 0 Å². The largest absolute Gasteiger partial charge is 0.248 e. The van der Waals surface area contributed by atoms with E-state index in [-0.39, 0.29) is 0 Å². The monoisotopic (exact) mass is 298 g/mol. The van der Waals surface area contributed by atoms with Crippen molar-refractivity contribution in [3.8, 4) is 0 Å². The summed E-state index contributed by atoms with van der Waals surface area (Å²) < 4.78 is 9.89. The minimum absolute atomic E-state index is 0.656. The number of hydrogen-bond acceptors (Lipinski definition) is 6. The highest BCUT2D eigenvalue weighted by Gasteiger charge is 1.73. The molecule has 1 atom stereocenters. The normalized spacial score (nSPS) is 10.3. The first-order valence-corrected chi connectivity index (χ1v) is 12.3. The lowest BCUT2D eigenvalue weighted by atomic mass is 12.0. The second kappa shape index (κ2) is 23.6. The van der Waals surface area contributed by atoms with Gasteiger partial charge in [-0.2, -0.15) is 0 Å². The Kier molecular flexibility index (Phi) is 36.9. The van der Waals surface area contributed by atoms with Crippen molar-refractivity contribution < 1.29 is 4.21 Å². The fourth-order valence-electron chi connectivity index (χ4n) is 0. The molecule has 84 valence electrons. The van der Waals surface area contributed by atoms with E-state index in [0.717, 1.165) is 0 Å². The van der Waals surface area contributed by atoms with Crippen molar-refractivity contribution in [2.45, 2.75) is 0 Å². The first kappa shape index (κ1) is 20.3. The second-order valence-electron chi connectivity index (χ2n) is 1.23. The van der Waals surface area contributed by atoms with Gasteiger partial charge in [0.2, 0.25) is 0 Å². The van der Waals surface area contributed by atoms with Crippen LogP contribution >= 0.6 is 54.0 Å². The third-order valence-corrected chi connectivity index (χ3v) is 5.11. The number of rotatable bonds is 3. The third-order valence-electron chi connectivity index (χ3n) is 0.568. The Labute approximate surface area is 105 Å². The molecule has 0 radical (unpaired) electrons. The molecule has 0 bridgehead atoms. The van der Waals surface area contributed by atoms with Crippen molar-refractivity contribution >= 4 is 63.8 Å². The van der Waals surface area contributed by atoms with Crippen LogP contribution in [0.25, 0.3) is 0 Å². The fraction of sp³-hybridized carbons (Fsp3) is 1.00. The Morgan fingerprint density at radius 1 is 0.769 bits per heavy atom. The Hall–Kier alpha value is 1.90. The van der Waals surface area contributed by atoms with Gasteiger partial charge in [-0.3, -0.25) is 0 Å². The molecule has 0 heterocycles. The molecule has 0 aromatic rings. The predicted octanol–water partition coefficient (Wildman–Crippen LogP) is 3.90. The second-order valence-corrected chi connectivity index (χ2v) is 10.1. The van der Waals surface area contributed by atoms with Crippen molar-refractivity contribution in [2.24, 2.45) is 0 Å². The van der Waals surface area contributed by atoms with E-state index < -0.39 is 9.83 Å². The summed E-state index contributed by atoms with van der Waals surface area (Å²) in [5.74, 6) is 0. The van der Waals surface area contributed by atoms with Crippen molar-refractivity contribution in [2.75, 3.05) is 37.5 Å². The SMILES string of the molecule is CSS(C)=O.CSSC.CSSC. The fourth-order valence-corrected chi connectivity index (χ4v) is 0. The zero-order chi connectivity index (χ0) is 11.1. The molecule has 0 amide bonds. The minimum Gasteiger partial charge on any atom is -0.248 e. The molecule has 0 aliphatic carbocycles. The summed E-state index contributed by atoms with van der Waals surface area (Å²) in [6.45, 7) is 0. The molecule has 7 heteroatoms. The van der Waals surface area contributed by atoms with Crippen LogP contribution in [0.2, 0.25) is 0 Å². The van der Waals surface area contributed by atoms with Gasteiger partial charge in [0.25, 0.3) is 0 Å². The van der Waals surface area contributed by atoms with Crippen LogP contribution in [0, 0.1) is 0 Å². The van der Waals surface area contributed by atoms with E-state index in [1.165, 1.54) is 10.8 Å². The van der Waals surface area contributed by atoms with Crippen LogP contribution in [0.5, 0.6) is 0 Å². The Morgan fingerprint density at radius 2 is 0.923 bits per heavy atom. The lowest BCUT2D eigenvalue weighted by Gasteiger charge is -1.74. The van der Waals surface area contributed by atoms with Gasteiger partial charge < -0.3 is 0 Å². The third kappa shape index (κ3) is 56.5. The van der Waals surface area contributed by atoms with E-state index >= 15 is 0 Å². The zero-order valence-corrected chi connectivity index (χ0v) is 13.8.